The Hall–Kier alpha value is -1.77. The number of para-hydroxylation sites is 1. The molecule has 2 aromatic rings. The van der Waals surface area contributed by atoms with Crippen LogP contribution in [-0.4, -0.2) is 9.55 Å². The van der Waals surface area contributed by atoms with Gasteiger partial charge >= 0.3 is 0 Å². The molecule has 2 rings (SSSR count). The molecule has 1 heterocycles. The summed E-state index contributed by atoms with van der Waals surface area (Å²) in [6.45, 7) is 3.98. The van der Waals surface area contributed by atoms with Gasteiger partial charge in [-0.2, -0.15) is 0 Å². The second-order valence-electron chi connectivity index (χ2n) is 3.31. The number of benzene rings is 1. The van der Waals surface area contributed by atoms with Gasteiger partial charge < -0.3 is 5.73 Å². The van der Waals surface area contributed by atoms with Crippen LogP contribution in [0.1, 0.15) is 11.4 Å². The smallest absolute Gasteiger partial charge is 0.205 e. The summed E-state index contributed by atoms with van der Waals surface area (Å²) in [5.41, 5.74) is 8.95. The fraction of sp³-hybridized carbons (Fsp3) is 0.182. The van der Waals surface area contributed by atoms with E-state index in [2.05, 4.69) is 4.98 Å². The van der Waals surface area contributed by atoms with Crippen molar-refractivity contribution in [2.45, 2.75) is 13.8 Å². The predicted octanol–water partition coefficient (Wildman–Crippen LogP) is 2.07. The van der Waals surface area contributed by atoms with Gasteiger partial charge in [-0.3, -0.25) is 4.57 Å². The lowest BCUT2D eigenvalue weighted by Crippen LogP contribution is -2.01. The quantitative estimate of drug-likeness (QED) is 0.742. The van der Waals surface area contributed by atoms with Gasteiger partial charge in [-0.1, -0.05) is 18.2 Å². The van der Waals surface area contributed by atoms with Crippen LogP contribution in [0.25, 0.3) is 5.69 Å². The van der Waals surface area contributed by atoms with Gasteiger partial charge in [0.25, 0.3) is 0 Å². The number of aromatic nitrogens is 2. The van der Waals surface area contributed by atoms with E-state index in [4.69, 9.17) is 5.73 Å². The molecule has 0 unspecified atom stereocenters. The average molecular weight is 187 g/mol. The van der Waals surface area contributed by atoms with Crippen molar-refractivity contribution >= 4 is 5.95 Å². The third kappa shape index (κ3) is 1.27. The van der Waals surface area contributed by atoms with Gasteiger partial charge in [0.05, 0.1) is 5.69 Å². The Labute approximate surface area is 83.2 Å². The van der Waals surface area contributed by atoms with Crippen LogP contribution in [0.3, 0.4) is 0 Å². The molecular formula is C11H13N3. The van der Waals surface area contributed by atoms with E-state index in [0.717, 1.165) is 17.1 Å². The zero-order valence-electron chi connectivity index (χ0n) is 8.36. The van der Waals surface area contributed by atoms with Gasteiger partial charge in [-0.15, -0.1) is 0 Å². The summed E-state index contributed by atoms with van der Waals surface area (Å²) >= 11 is 0. The maximum atomic E-state index is 5.83. The first-order valence-electron chi connectivity index (χ1n) is 4.57. The molecule has 0 radical (unpaired) electrons. The van der Waals surface area contributed by atoms with Crippen molar-refractivity contribution in [3.63, 3.8) is 0 Å². The first-order valence-corrected chi connectivity index (χ1v) is 4.57. The van der Waals surface area contributed by atoms with Gasteiger partial charge in [0.15, 0.2) is 0 Å². The molecule has 1 aromatic heterocycles. The van der Waals surface area contributed by atoms with Crippen LogP contribution in [0.2, 0.25) is 0 Å². The van der Waals surface area contributed by atoms with Crippen LogP contribution in [0.5, 0.6) is 0 Å². The summed E-state index contributed by atoms with van der Waals surface area (Å²) in [6.07, 6.45) is 0. The maximum Gasteiger partial charge on any atom is 0.205 e. The van der Waals surface area contributed by atoms with E-state index < -0.39 is 0 Å². The van der Waals surface area contributed by atoms with Crippen molar-refractivity contribution in [2.75, 3.05) is 5.73 Å². The number of nitrogens with zero attached hydrogens (tertiary/aromatic N) is 2. The molecule has 72 valence electrons. The Morgan fingerprint density at radius 3 is 2.29 bits per heavy atom. The highest BCUT2D eigenvalue weighted by molar-refractivity contribution is 5.43. The SMILES string of the molecule is Cc1nc(N)n(-c2ccccc2)c1C. The first-order chi connectivity index (χ1) is 6.70. The number of anilines is 1. The van der Waals surface area contributed by atoms with Gasteiger partial charge in [-0.25, -0.2) is 4.98 Å². The van der Waals surface area contributed by atoms with E-state index in [1.807, 2.05) is 48.7 Å². The average Bonchev–Trinajstić information content (AvgIpc) is 2.43. The molecule has 0 atom stereocenters. The molecule has 0 saturated carbocycles. The van der Waals surface area contributed by atoms with Gasteiger partial charge in [0, 0.05) is 11.4 Å². The monoisotopic (exact) mass is 187 g/mol. The van der Waals surface area contributed by atoms with E-state index in [-0.39, 0.29) is 0 Å². The lowest BCUT2D eigenvalue weighted by Gasteiger charge is -2.06. The van der Waals surface area contributed by atoms with E-state index in [1.165, 1.54) is 0 Å². The Kier molecular flexibility index (Phi) is 2.00. The molecule has 0 aliphatic carbocycles. The molecule has 0 fully saturated rings. The highest BCUT2D eigenvalue weighted by atomic mass is 15.2. The Balaban J connectivity index is 2.62. The number of imidazole rings is 1. The van der Waals surface area contributed by atoms with Crippen LogP contribution >= 0.6 is 0 Å². The van der Waals surface area contributed by atoms with Gasteiger partial charge in [0.2, 0.25) is 5.95 Å². The third-order valence-electron chi connectivity index (χ3n) is 2.38. The van der Waals surface area contributed by atoms with E-state index in [9.17, 15) is 0 Å². The minimum Gasteiger partial charge on any atom is -0.369 e. The Morgan fingerprint density at radius 2 is 1.79 bits per heavy atom. The largest absolute Gasteiger partial charge is 0.369 e. The van der Waals surface area contributed by atoms with Crippen LogP contribution in [0, 0.1) is 13.8 Å². The number of nitrogen functional groups attached to an aromatic ring is 1. The molecule has 3 nitrogen and oxygen atoms in total. The van der Waals surface area contributed by atoms with Crippen LogP contribution < -0.4 is 5.73 Å². The topological polar surface area (TPSA) is 43.8 Å². The molecule has 0 spiro atoms. The minimum atomic E-state index is 0.547. The summed E-state index contributed by atoms with van der Waals surface area (Å²) in [5, 5.41) is 0. The van der Waals surface area contributed by atoms with Crippen LogP contribution in [-0.2, 0) is 0 Å². The Bertz CT molecular complexity index is 443. The Morgan fingerprint density at radius 1 is 1.14 bits per heavy atom. The molecular weight excluding hydrogens is 174 g/mol. The van der Waals surface area contributed by atoms with Crippen molar-refractivity contribution in [3.8, 4) is 5.69 Å². The summed E-state index contributed by atoms with van der Waals surface area (Å²) in [7, 11) is 0. The van der Waals surface area contributed by atoms with Crippen molar-refractivity contribution in [1.29, 1.82) is 0 Å². The van der Waals surface area contributed by atoms with E-state index in [0.29, 0.717) is 5.95 Å². The van der Waals surface area contributed by atoms with Crippen molar-refractivity contribution in [3.05, 3.63) is 41.7 Å². The van der Waals surface area contributed by atoms with E-state index in [1.54, 1.807) is 0 Å². The summed E-state index contributed by atoms with van der Waals surface area (Å²) < 4.78 is 1.95. The molecule has 0 aliphatic rings. The maximum absolute atomic E-state index is 5.83. The summed E-state index contributed by atoms with van der Waals surface area (Å²) in [5.74, 6) is 0.547. The number of rotatable bonds is 1. The predicted molar refractivity (Wildman–Crippen MR) is 57.5 cm³/mol. The van der Waals surface area contributed by atoms with Gasteiger partial charge in [-0.05, 0) is 26.0 Å². The van der Waals surface area contributed by atoms with Crippen LogP contribution in [0.4, 0.5) is 5.95 Å². The lowest BCUT2D eigenvalue weighted by molar-refractivity contribution is 1.01. The third-order valence-corrected chi connectivity index (χ3v) is 2.38. The molecule has 2 N–H and O–H groups in total. The fourth-order valence-corrected chi connectivity index (χ4v) is 1.54. The number of nitrogens with two attached hydrogens (primary N) is 1. The van der Waals surface area contributed by atoms with Gasteiger partial charge in [0.1, 0.15) is 0 Å². The molecule has 14 heavy (non-hydrogen) atoms. The molecule has 0 bridgehead atoms. The molecule has 0 amide bonds. The summed E-state index contributed by atoms with van der Waals surface area (Å²) in [4.78, 5) is 4.23. The van der Waals surface area contributed by atoms with Crippen molar-refractivity contribution in [2.24, 2.45) is 0 Å². The molecule has 3 heteroatoms. The van der Waals surface area contributed by atoms with Crippen molar-refractivity contribution < 1.29 is 0 Å². The molecule has 0 aliphatic heterocycles. The molecule has 1 aromatic carbocycles. The minimum absolute atomic E-state index is 0.547. The van der Waals surface area contributed by atoms with Crippen molar-refractivity contribution in [1.82, 2.24) is 9.55 Å². The van der Waals surface area contributed by atoms with E-state index >= 15 is 0 Å². The van der Waals surface area contributed by atoms with Crippen LogP contribution in [0.15, 0.2) is 30.3 Å². The summed E-state index contributed by atoms with van der Waals surface area (Å²) in [6, 6.07) is 10.0. The standard InChI is InChI=1S/C11H13N3/c1-8-9(2)14(11(12)13-8)10-6-4-3-5-7-10/h3-7H,1-2H3,(H2,12,13). The number of hydrogen-bond donors (Lipinski definition) is 1. The molecule has 0 saturated heterocycles. The fourth-order valence-electron chi connectivity index (χ4n) is 1.54. The first kappa shape index (κ1) is 8.81. The zero-order chi connectivity index (χ0) is 10.1. The second-order valence-corrected chi connectivity index (χ2v) is 3.31. The number of hydrogen-bond acceptors (Lipinski definition) is 2. The zero-order valence-corrected chi connectivity index (χ0v) is 8.36. The highest BCUT2D eigenvalue weighted by Crippen LogP contribution is 2.18. The lowest BCUT2D eigenvalue weighted by atomic mass is 10.3. The number of aryl methyl sites for hydroxylation is 1. The normalized spacial score (nSPS) is 10.4. The second kappa shape index (κ2) is 3.18. The highest BCUT2D eigenvalue weighted by Gasteiger charge is 2.08.